The van der Waals surface area contributed by atoms with E-state index >= 15 is 0 Å². The summed E-state index contributed by atoms with van der Waals surface area (Å²) in [6.07, 6.45) is 1.67. The van der Waals surface area contributed by atoms with Crippen LogP contribution in [-0.4, -0.2) is 19.4 Å². The quantitative estimate of drug-likeness (QED) is 0.356. The van der Waals surface area contributed by atoms with Crippen molar-refractivity contribution in [2.24, 2.45) is 26.1 Å². The second-order valence-electron chi connectivity index (χ2n) is 5.77. The summed E-state index contributed by atoms with van der Waals surface area (Å²) in [7, 11) is -3.95. The largest absolute Gasteiger partial charge is 0.382 e. The second kappa shape index (κ2) is 7.00. The van der Waals surface area contributed by atoms with Gasteiger partial charge in [-0.05, 0) is 37.3 Å². The lowest BCUT2D eigenvalue weighted by Gasteiger charge is -2.05. The second-order valence-corrected chi connectivity index (χ2v) is 7.37. The van der Waals surface area contributed by atoms with Crippen molar-refractivity contribution in [1.29, 1.82) is 0 Å². The molecule has 3 aromatic rings. The van der Waals surface area contributed by atoms with E-state index in [4.69, 9.17) is 17.2 Å². The molecule has 2 aromatic carbocycles. The molecule has 0 spiro atoms. The number of nitrogens with two attached hydrogens (primary N) is 3. The molecule has 0 aliphatic heterocycles. The molecule has 10 heteroatoms. The number of aromatic nitrogens is 1. The van der Waals surface area contributed by atoms with Crippen LogP contribution in [0.2, 0.25) is 0 Å². The van der Waals surface area contributed by atoms with Gasteiger partial charge in [-0.1, -0.05) is 17.7 Å². The van der Waals surface area contributed by atoms with Crippen LogP contribution >= 0.6 is 0 Å². The highest BCUT2D eigenvalue weighted by Gasteiger charge is 2.13. The van der Waals surface area contributed by atoms with Gasteiger partial charge in [0.25, 0.3) is 10.0 Å². The summed E-state index contributed by atoms with van der Waals surface area (Å²) in [6.45, 7) is 1.97. The summed E-state index contributed by atoms with van der Waals surface area (Å²) in [5.41, 5.74) is 18.1. The molecule has 0 fully saturated rings. The fourth-order valence-electron chi connectivity index (χ4n) is 2.42. The van der Waals surface area contributed by atoms with Gasteiger partial charge in [0.1, 0.15) is 5.69 Å². The van der Waals surface area contributed by atoms with Crippen LogP contribution in [-0.2, 0) is 10.0 Å². The Kier molecular flexibility index (Phi) is 4.74. The zero-order chi connectivity index (χ0) is 19.6. The Bertz CT molecular complexity index is 1160. The molecule has 0 radical (unpaired) electrons. The van der Waals surface area contributed by atoms with Gasteiger partial charge in [-0.2, -0.15) is 13.5 Å². The number of pyridine rings is 1. The third-order valence-electron chi connectivity index (χ3n) is 3.67. The maximum absolute atomic E-state index is 11.9. The van der Waals surface area contributed by atoms with Crippen molar-refractivity contribution >= 4 is 43.9 Å². The normalized spacial score (nSPS) is 11.7. The Morgan fingerprint density at radius 2 is 1.74 bits per heavy atom. The van der Waals surface area contributed by atoms with E-state index in [0.717, 1.165) is 16.3 Å². The number of sulfonamides is 1. The standard InChI is InChI=1S/C17H17N7O2S/c1-10-2-3-11-9-21-16(18)15(14(11)8-10)23-22-12-4-6-13(7-5-12)27(25,26)24-17(19)20/h2-9H,1H3,(H2,18,21)(H4,19,20,24). The van der Waals surface area contributed by atoms with Gasteiger partial charge in [0, 0.05) is 17.0 Å². The molecule has 0 unspecified atom stereocenters. The number of nitrogen functional groups attached to an aromatic ring is 1. The van der Waals surface area contributed by atoms with E-state index in [9.17, 15) is 8.42 Å². The van der Waals surface area contributed by atoms with Gasteiger partial charge in [0.15, 0.2) is 5.82 Å². The van der Waals surface area contributed by atoms with Crippen LogP contribution < -0.4 is 17.2 Å². The van der Waals surface area contributed by atoms with Crippen molar-refractivity contribution < 1.29 is 8.42 Å². The molecule has 0 atom stereocenters. The molecule has 0 bridgehead atoms. The molecule has 1 aromatic heterocycles. The summed E-state index contributed by atoms with van der Waals surface area (Å²) in [4.78, 5) is 4.07. The number of guanidine groups is 1. The molecule has 0 saturated carbocycles. The monoisotopic (exact) mass is 383 g/mol. The molecule has 9 nitrogen and oxygen atoms in total. The molecule has 138 valence electrons. The van der Waals surface area contributed by atoms with Gasteiger partial charge in [-0.15, -0.1) is 9.51 Å². The van der Waals surface area contributed by atoms with Crippen molar-refractivity contribution in [3.63, 3.8) is 0 Å². The van der Waals surface area contributed by atoms with Gasteiger partial charge < -0.3 is 17.2 Å². The van der Waals surface area contributed by atoms with Crippen LogP contribution in [0.3, 0.4) is 0 Å². The van der Waals surface area contributed by atoms with E-state index in [1.165, 1.54) is 24.3 Å². The maximum atomic E-state index is 11.9. The molecule has 0 saturated heterocycles. The highest BCUT2D eigenvalue weighted by Crippen LogP contribution is 2.32. The lowest BCUT2D eigenvalue weighted by atomic mass is 10.1. The van der Waals surface area contributed by atoms with Gasteiger partial charge in [-0.3, -0.25) is 0 Å². The van der Waals surface area contributed by atoms with Gasteiger partial charge in [-0.25, -0.2) is 4.98 Å². The van der Waals surface area contributed by atoms with E-state index in [2.05, 4.69) is 19.6 Å². The Morgan fingerprint density at radius 3 is 2.41 bits per heavy atom. The van der Waals surface area contributed by atoms with E-state index in [0.29, 0.717) is 11.4 Å². The fourth-order valence-corrected chi connectivity index (χ4v) is 3.28. The maximum Gasteiger partial charge on any atom is 0.285 e. The lowest BCUT2D eigenvalue weighted by molar-refractivity contribution is 0.598. The lowest BCUT2D eigenvalue weighted by Crippen LogP contribution is -2.24. The highest BCUT2D eigenvalue weighted by atomic mass is 32.2. The number of anilines is 1. The van der Waals surface area contributed by atoms with Crippen molar-refractivity contribution in [2.75, 3.05) is 5.73 Å². The minimum absolute atomic E-state index is 0.0585. The minimum Gasteiger partial charge on any atom is -0.382 e. The van der Waals surface area contributed by atoms with E-state index in [1.807, 2.05) is 25.1 Å². The molecule has 1 heterocycles. The van der Waals surface area contributed by atoms with Crippen LogP contribution in [0.1, 0.15) is 5.56 Å². The number of azo groups is 1. The van der Waals surface area contributed by atoms with Crippen LogP contribution in [0.5, 0.6) is 0 Å². The molecule has 0 amide bonds. The zero-order valence-corrected chi connectivity index (χ0v) is 15.2. The number of aryl methyl sites for hydroxylation is 1. The number of nitrogens with zero attached hydrogens (tertiary/aromatic N) is 4. The van der Waals surface area contributed by atoms with E-state index in [1.54, 1.807) is 6.20 Å². The average molecular weight is 383 g/mol. The third-order valence-corrected chi connectivity index (χ3v) is 4.99. The third kappa shape index (κ3) is 4.01. The minimum atomic E-state index is -3.95. The Labute approximate surface area is 155 Å². The summed E-state index contributed by atoms with van der Waals surface area (Å²) < 4.78 is 27.1. The first kappa shape index (κ1) is 18.3. The number of fused-ring (bicyclic) bond motifs is 1. The summed E-state index contributed by atoms with van der Waals surface area (Å²) in [6, 6.07) is 11.5. The topological polar surface area (TPSA) is 162 Å². The Balaban J connectivity index is 1.96. The Morgan fingerprint density at radius 1 is 1.04 bits per heavy atom. The number of hydrogen-bond donors (Lipinski definition) is 3. The van der Waals surface area contributed by atoms with Gasteiger partial charge in [0.05, 0.1) is 10.6 Å². The van der Waals surface area contributed by atoms with Crippen LogP contribution in [0.15, 0.2) is 68.2 Å². The summed E-state index contributed by atoms with van der Waals surface area (Å²) >= 11 is 0. The first-order valence-corrected chi connectivity index (χ1v) is 9.23. The molecule has 27 heavy (non-hydrogen) atoms. The first-order valence-electron chi connectivity index (χ1n) is 7.79. The highest BCUT2D eigenvalue weighted by molar-refractivity contribution is 7.90. The van der Waals surface area contributed by atoms with Gasteiger partial charge >= 0.3 is 0 Å². The van der Waals surface area contributed by atoms with Crippen molar-refractivity contribution in [3.05, 3.63) is 54.2 Å². The van der Waals surface area contributed by atoms with Crippen LogP contribution in [0, 0.1) is 6.92 Å². The molecular weight excluding hydrogens is 366 g/mol. The molecule has 6 N–H and O–H groups in total. The van der Waals surface area contributed by atoms with Crippen molar-refractivity contribution in [3.8, 4) is 0 Å². The van der Waals surface area contributed by atoms with E-state index < -0.39 is 16.0 Å². The number of hydrogen-bond acceptors (Lipinski definition) is 6. The SMILES string of the molecule is Cc1ccc2cnc(N)c(N=Nc3ccc(S(=O)(=O)N=C(N)N)cc3)c2c1. The summed E-state index contributed by atoms with van der Waals surface area (Å²) in [5.74, 6) is -0.281. The van der Waals surface area contributed by atoms with Crippen molar-refractivity contribution in [2.45, 2.75) is 11.8 Å². The molecular formula is C17H17N7O2S. The molecule has 0 aliphatic carbocycles. The van der Waals surface area contributed by atoms with E-state index in [-0.39, 0.29) is 10.7 Å². The molecule has 0 aliphatic rings. The Hall–Kier alpha value is -3.53. The predicted octanol–water partition coefficient (Wildman–Crippen LogP) is 2.50. The van der Waals surface area contributed by atoms with Crippen molar-refractivity contribution in [1.82, 2.24) is 4.98 Å². The van der Waals surface area contributed by atoms with Crippen LogP contribution in [0.25, 0.3) is 10.8 Å². The number of rotatable bonds is 4. The van der Waals surface area contributed by atoms with Gasteiger partial charge in [0.2, 0.25) is 5.96 Å². The first-order chi connectivity index (χ1) is 12.8. The number of benzene rings is 2. The predicted molar refractivity (Wildman–Crippen MR) is 105 cm³/mol. The zero-order valence-electron chi connectivity index (χ0n) is 14.4. The average Bonchev–Trinajstić information content (AvgIpc) is 2.60. The van der Waals surface area contributed by atoms with Crippen LogP contribution in [0.4, 0.5) is 17.2 Å². The summed E-state index contributed by atoms with van der Waals surface area (Å²) in [5, 5.41) is 10.1. The smallest absolute Gasteiger partial charge is 0.285 e. The molecule has 3 rings (SSSR count). The fraction of sp³-hybridized carbons (Fsp3) is 0.0588.